The lowest BCUT2D eigenvalue weighted by atomic mass is 10.2. The van der Waals surface area contributed by atoms with Crippen molar-refractivity contribution in [2.75, 3.05) is 52.3 Å². The van der Waals surface area contributed by atoms with Crippen molar-refractivity contribution < 1.29 is 9.53 Å². The minimum Gasteiger partial charge on any atom is -0.376 e. The number of carbonyl (C=O) groups is 1. The van der Waals surface area contributed by atoms with Crippen LogP contribution in [-0.2, 0) is 9.53 Å². The first kappa shape index (κ1) is 14.8. The minimum absolute atomic E-state index is 0.231. The van der Waals surface area contributed by atoms with Gasteiger partial charge in [0.25, 0.3) is 0 Å². The van der Waals surface area contributed by atoms with Crippen LogP contribution in [0.4, 0.5) is 0 Å². The molecule has 5 heteroatoms. The van der Waals surface area contributed by atoms with Gasteiger partial charge in [-0.05, 0) is 33.2 Å². The van der Waals surface area contributed by atoms with E-state index in [4.69, 9.17) is 4.74 Å². The van der Waals surface area contributed by atoms with Gasteiger partial charge in [-0.15, -0.1) is 0 Å². The Morgan fingerprint density at radius 2 is 2.18 bits per heavy atom. The van der Waals surface area contributed by atoms with Gasteiger partial charge in [0.1, 0.15) is 0 Å². The Kier molecular flexibility index (Phi) is 6.92. The van der Waals surface area contributed by atoms with E-state index >= 15 is 0 Å². The molecule has 1 aliphatic rings. The van der Waals surface area contributed by atoms with Crippen molar-refractivity contribution in [3.05, 3.63) is 0 Å². The maximum Gasteiger partial charge on any atom is 0.232 e. The zero-order chi connectivity index (χ0) is 12.7. The van der Waals surface area contributed by atoms with Crippen LogP contribution in [0.2, 0.25) is 0 Å². The zero-order valence-corrected chi connectivity index (χ0v) is 12.0. The predicted octanol–water partition coefficient (Wildman–Crippen LogP) is 0.919. The Morgan fingerprint density at radius 3 is 2.71 bits per heavy atom. The molecule has 0 radical (unpaired) electrons. The summed E-state index contributed by atoms with van der Waals surface area (Å²) in [6.07, 6.45) is 4.44. The highest BCUT2D eigenvalue weighted by molar-refractivity contribution is 7.99. The highest BCUT2D eigenvalue weighted by Gasteiger charge is 2.22. The van der Waals surface area contributed by atoms with Gasteiger partial charge < -0.3 is 14.5 Å². The summed E-state index contributed by atoms with van der Waals surface area (Å²) in [5, 5.41) is 0. The van der Waals surface area contributed by atoms with Crippen molar-refractivity contribution in [2.45, 2.75) is 18.9 Å². The van der Waals surface area contributed by atoms with Crippen LogP contribution >= 0.6 is 11.8 Å². The molecule has 1 saturated heterocycles. The smallest absolute Gasteiger partial charge is 0.232 e. The van der Waals surface area contributed by atoms with Gasteiger partial charge in [-0.1, -0.05) is 0 Å². The van der Waals surface area contributed by atoms with Crippen LogP contribution in [0.3, 0.4) is 0 Å². The number of amides is 1. The molecule has 1 amide bonds. The average molecular weight is 260 g/mol. The van der Waals surface area contributed by atoms with E-state index in [-0.39, 0.29) is 12.0 Å². The van der Waals surface area contributed by atoms with E-state index in [1.165, 1.54) is 0 Å². The molecule has 0 aliphatic carbocycles. The Morgan fingerprint density at radius 1 is 1.41 bits per heavy atom. The van der Waals surface area contributed by atoms with Crippen molar-refractivity contribution in [3.63, 3.8) is 0 Å². The normalized spacial score (nSPS) is 19.9. The highest BCUT2D eigenvalue weighted by Crippen LogP contribution is 2.14. The fourth-order valence-corrected chi connectivity index (χ4v) is 2.32. The quantitative estimate of drug-likeness (QED) is 0.681. The van der Waals surface area contributed by atoms with E-state index in [1.807, 2.05) is 25.3 Å². The van der Waals surface area contributed by atoms with Crippen LogP contribution in [0, 0.1) is 0 Å². The van der Waals surface area contributed by atoms with Gasteiger partial charge in [-0.25, -0.2) is 0 Å². The molecule has 0 saturated carbocycles. The summed E-state index contributed by atoms with van der Waals surface area (Å²) < 4.78 is 5.60. The summed E-state index contributed by atoms with van der Waals surface area (Å²) in [5.74, 6) is 0.801. The number of thioether (sulfide) groups is 1. The fraction of sp³-hybridized carbons (Fsp3) is 0.917. The molecule has 1 unspecified atom stereocenters. The molecule has 0 aromatic rings. The molecule has 100 valence electrons. The molecule has 1 rings (SSSR count). The first-order valence-electron chi connectivity index (χ1n) is 6.16. The Hall–Kier alpha value is -0.260. The van der Waals surface area contributed by atoms with E-state index in [9.17, 15) is 4.79 Å². The first-order valence-corrected chi connectivity index (χ1v) is 7.56. The zero-order valence-electron chi connectivity index (χ0n) is 11.1. The largest absolute Gasteiger partial charge is 0.376 e. The summed E-state index contributed by atoms with van der Waals surface area (Å²) in [6, 6.07) is 0. The van der Waals surface area contributed by atoms with Crippen molar-refractivity contribution in [3.8, 4) is 0 Å². The van der Waals surface area contributed by atoms with Gasteiger partial charge in [0.2, 0.25) is 5.91 Å². The number of nitrogens with zero attached hydrogens (tertiary/aromatic N) is 2. The van der Waals surface area contributed by atoms with Crippen molar-refractivity contribution in [1.82, 2.24) is 9.80 Å². The van der Waals surface area contributed by atoms with E-state index in [0.29, 0.717) is 5.75 Å². The second-order valence-corrected chi connectivity index (χ2v) is 5.58. The molecule has 0 bridgehead atoms. The third-order valence-electron chi connectivity index (χ3n) is 2.89. The average Bonchev–Trinajstić information content (AvgIpc) is 2.76. The van der Waals surface area contributed by atoms with Crippen molar-refractivity contribution >= 4 is 17.7 Å². The summed E-state index contributed by atoms with van der Waals surface area (Å²) >= 11 is 1.58. The maximum atomic E-state index is 12.0. The lowest BCUT2D eigenvalue weighted by Gasteiger charge is -2.26. The molecule has 0 spiro atoms. The van der Waals surface area contributed by atoms with Crippen LogP contribution in [0.15, 0.2) is 0 Å². The Balaban J connectivity index is 2.41. The van der Waals surface area contributed by atoms with Gasteiger partial charge in [0.05, 0.1) is 11.9 Å². The molecule has 0 aromatic heterocycles. The molecule has 1 aliphatic heterocycles. The van der Waals surface area contributed by atoms with Crippen LogP contribution in [0.5, 0.6) is 0 Å². The van der Waals surface area contributed by atoms with Crippen LogP contribution in [-0.4, -0.2) is 74.2 Å². The van der Waals surface area contributed by atoms with Crippen LogP contribution in [0.1, 0.15) is 12.8 Å². The number of rotatable bonds is 7. The number of carbonyl (C=O) groups excluding carboxylic acids is 1. The lowest BCUT2D eigenvalue weighted by Crippen LogP contribution is -2.42. The summed E-state index contributed by atoms with van der Waals surface area (Å²) in [7, 11) is 4.06. The highest BCUT2D eigenvalue weighted by atomic mass is 32.2. The summed E-state index contributed by atoms with van der Waals surface area (Å²) in [6.45, 7) is 3.31. The molecule has 1 heterocycles. The third-order valence-corrected chi connectivity index (χ3v) is 3.42. The molecule has 0 aromatic carbocycles. The SMILES string of the molecule is CSCC(=O)N(CCN(C)C)CC1CCCO1. The van der Waals surface area contributed by atoms with Crippen LogP contribution < -0.4 is 0 Å². The van der Waals surface area contributed by atoms with Gasteiger partial charge in [-0.3, -0.25) is 4.79 Å². The van der Waals surface area contributed by atoms with Gasteiger partial charge in [0.15, 0.2) is 0 Å². The van der Waals surface area contributed by atoms with Gasteiger partial charge in [-0.2, -0.15) is 11.8 Å². The second kappa shape index (κ2) is 7.95. The van der Waals surface area contributed by atoms with Gasteiger partial charge >= 0.3 is 0 Å². The molecule has 0 N–H and O–H groups in total. The Bertz CT molecular complexity index is 231. The lowest BCUT2D eigenvalue weighted by molar-refractivity contribution is -0.130. The number of ether oxygens (including phenoxy) is 1. The minimum atomic E-state index is 0.231. The van der Waals surface area contributed by atoms with E-state index in [1.54, 1.807) is 11.8 Å². The maximum absolute atomic E-state index is 12.0. The number of hydrogen-bond acceptors (Lipinski definition) is 4. The van der Waals surface area contributed by atoms with Crippen LogP contribution in [0.25, 0.3) is 0 Å². The van der Waals surface area contributed by atoms with Gasteiger partial charge in [0, 0.05) is 26.2 Å². The van der Waals surface area contributed by atoms with Crippen molar-refractivity contribution in [1.29, 1.82) is 0 Å². The fourth-order valence-electron chi connectivity index (χ4n) is 1.89. The topological polar surface area (TPSA) is 32.8 Å². The summed E-state index contributed by atoms with van der Waals surface area (Å²) in [4.78, 5) is 16.0. The summed E-state index contributed by atoms with van der Waals surface area (Å²) in [5.41, 5.74) is 0. The molecule has 17 heavy (non-hydrogen) atoms. The van der Waals surface area contributed by atoms with E-state index in [0.717, 1.165) is 39.1 Å². The second-order valence-electron chi connectivity index (χ2n) is 4.71. The molecular formula is C12H24N2O2S. The molecular weight excluding hydrogens is 236 g/mol. The van der Waals surface area contributed by atoms with E-state index in [2.05, 4.69) is 4.90 Å². The standard InChI is InChI=1S/C12H24N2O2S/c1-13(2)6-7-14(12(15)10-17-3)9-11-5-4-8-16-11/h11H,4-10H2,1-3H3. The predicted molar refractivity (Wildman–Crippen MR) is 72.5 cm³/mol. The third kappa shape index (κ3) is 5.75. The monoisotopic (exact) mass is 260 g/mol. The van der Waals surface area contributed by atoms with Crippen molar-refractivity contribution in [2.24, 2.45) is 0 Å². The van der Waals surface area contributed by atoms with E-state index < -0.39 is 0 Å². The number of likely N-dealkylation sites (N-methyl/N-ethyl adjacent to an activating group) is 1. The molecule has 4 nitrogen and oxygen atoms in total. The molecule has 1 atom stereocenters. The Labute approximate surface area is 109 Å². The first-order chi connectivity index (χ1) is 8.13. The number of hydrogen-bond donors (Lipinski definition) is 0. The molecule has 1 fully saturated rings.